The number of pyridine rings is 1. The first kappa shape index (κ1) is 13.8. The number of nitrogens with zero attached hydrogens (tertiary/aromatic N) is 3. The van der Waals surface area contributed by atoms with Crippen LogP contribution in [0.5, 0.6) is 0 Å². The van der Waals surface area contributed by atoms with Crippen molar-refractivity contribution in [2.45, 2.75) is 13.3 Å². The molecule has 0 radical (unpaired) electrons. The SMILES string of the molecule is Cc1ccnc(N(C)CC2CCN(C)C2)c1C(=N)N. The fourth-order valence-corrected chi connectivity index (χ4v) is 2.82. The van der Waals surface area contributed by atoms with E-state index in [0.29, 0.717) is 5.92 Å². The Bertz CT molecular complexity index is 471. The van der Waals surface area contributed by atoms with Crippen molar-refractivity contribution in [3.63, 3.8) is 0 Å². The van der Waals surface area contributed by atoms with E-state index in [2.05, 4.69) is 21.8 Å². The number of nitrogen functional groups attached to an aromatic ring is 1. The molecule has 0 bridgehead atoms. The minimum atomic E-state index is 0.0935. The van der Waals surface area contributed by atoms with Gasteiger partial charge in [-0.2, -0.15) is 0 Å². The summed E-state index contributed by atoms with van der Waals surface area (Å²) in [6, 6.07) is 1.90. The molecule has 0 aromatic carbocycles. The molecule has 5 nitrogen and oxygen atoms in total. The van der Waals surface area contributed by atoms with Crippen LogP contribution in [0.3, 0.4) is 0 Å². The molecule has 0 spiro atoms. The van der Waals surface area contributed by atoms with Crippen molar-refractivity contribution < 1.29 is 0 Å². The Hall–Kier alpha value is -1.62. The van der Waals surface area contributed by atoms with E-state index in [0.717, 1.165) is 30.0 Å². The van der Waals surface area contributed by atoms with Gasteiger partial charge in [0.25, 0.3) is 0 Å². The molecule has 2 heterocycles. The normalized spacial score (nSPS) is 19.6. The molecule has 3 N–H and O–H groups in total. The van der Waals surface area contributed by atoms with Crippen molar-refractivity contribution in [1.82, 2.24) is 9.88 Å². The van der Waals surface area contributed by atoms with Crippen LogP contribution in [0, 0.1) is 18.3 Å². The van der Waals surface area contributed by atoms with Crippen molar-refractivity contribution in [2.75, 3.05) is 38.6 Å². The summed E-state index contributed by atoms with van der Waals surface area (Å²) in [5.41, 5.74) is 7.46. The molecular formula is C14H23N5. The number of aryl methyl sites for hydroxylation is 1. The lowest BCUT2D eigenvalue weighted by molar-refractivity contribution is 0.395. The highest BCUT2D eigenvalue weighted by atomic mass is 15.2. The number of aromatic nitrogens is 1. The second kappa shape index (κ2) is 5.57. The third kappa shape index (κ3) is 3.04. The lowest BCUT2D eigenvalue weighted by Gasteiger charge is -2.24. The quantitative estimate of drug-likeness (QED) is 0.628. The summed E-state index contributed by atoms with van der Waals surface area (Å²) in [4.78, 5) is 8.90. The molecule has 104 valence electrons. The van der Waals surface area contributed by atoms with Crippen LogP contribution in [-0.4, -0.2) is 49.4 Å². The molecule has 19 heavy (non-hydrogen) atoms. The Morgan fingerprint density at radius 3 is 2.95 bits per heavy atom. The number of hydrogen-bond acceptors (Lipinski definition) is 4. The number of hydrogen-bond donors (Lipinski definition) is 2. The molecular weight excluding hydrogens is 238 g/mol. The third-order valence-electron chi connectivity index (χ3n) is 3.79. The molecule has 2 rings (SSSR count). The predicted octanol–water partition coefficient (Wildman–Crippen LogP) is 1.06. The van der Waals surface area contributed by atoms with E-state index in [1.807, 2.05) is 20.0 Å². The van der Waals surface area contributed by atoms with E-state index in [1.165, 1.54) is 13.0 Å². The average molecular weight is 261 g/mol. The summed E-state index contributed by atoms with van der Waals surface area (Å²) < 4.78 is 0. The lowest BCUT2D eigenvalue weighted by Crippen LogP contribution is -2.30. The van der Waals surface area contributed by atoms with E-state index < -0.39 is 0 Å². The monoisotopic (exact) mass is 261 g/mol. The molecule has 1 aliphatic rings. The van der Waals surface area contributed by atoms with E-state index in [9.17, 15) is 0 Å². The molecule has 1 aromatic heterocycles. The summed E-state index contributed by atoms with van der Waals surface area (Å²) in [7, 11) is 4.19. The van der Waals surface area contributed by atoms with Gasteiger partial charge in [0.15, 0.2) is 0 Å². The molecule has 0 aliphatic carbocycles. The Kier molecular flexibility index (Phi) is 4.04. The van der Waals surface area contributed by atoms with Gasteiger partial charge in [-0.15, -0.1) is 0 Å². The highest BCUT2D eigenvalue weighted by Gasteiger charge is 2.22. The topological polar surface area (TPSA) is 69.2 Å². The standard InChI is InChI=1S/C14H23N5/c1-10-4-6-17-14(12(10)13(15)16)19(3)9-11-5-7-18(2)8-11/h4,6,11H,5,7-9H2,1-3H3,(H3,15,16). The highest BCUT2D eigenvalue weighted by Crippen LogP contribution is 2.22. The molecule has 0 amide bonds. The Morgan fingerprint density at radius 2 is 2.37 bits per heavy atom. The largest absolute Gasteiger partial charge is 0.384 e. The zero-order chi connectivity index (χ0) is 14.0. The van der Waals surface area contributed by atoms with Gasteiger partial charge in [-0.25, -0.2) is 4.98 Å². The number of likely N-dealkylation sites (tertiary alicyclic amines) is 1. The molecule has 1 saturated heterocycles. The summed E-state index contributed by atoms with van der Waals surface area (Å²) >= 11 is 0. The fourth-order valence-electron chi connectivity index (χ4n) is 2.82. The number of rotatable bonds is 4. The second-order valence-corrected chi connectivity index (χ2v) is 5.54. The predicted molar refractivity (Wildman–Crippen MR) is 78.9 cm³/mol. The molecule has 1 atom stereocenters. The maximum Gasteiger partial charge on any atom is 0.139 e. The van der Waals surface area contributed by atoms with Crippen LogP contribution in [0.2, 0.25) is 0 Å². The number of anilines is 1. The Balaban J connectivity index is 2.17. The first-order valence-electron chi connectivity index (χ1n) is 6.68. The highest BCUT2D eigenvalue weighted by molar-refractivity contribution is 6.00. The van der Waals surface area contributed by atoms with Gasteiger partial charge in [0, 0.05) is 26.3 Å². The van der Waals surface area contributed by atoms with E-state index >= 15 is 0 Å². The Labute approximate surface area is 114 Å². The van der Waals surface area contributed by atoms with Crippen LogP contribution in [0.15, 0.2) is 12.3 Å². The van der Waals surface area contributed by atoms with Crippen LogP contribution in [0.1, 0.15) is 17.5 Å². The third-order valence-corrected chi connectivity index (χ3v) is 3.79. The van der Waals surface area contributed by atoms with Gasteiger partial charge in [0.05, 0.1) is 5.56 Å². The second-order valence-electron chi connectivity index (χ2n) is 5.54. The van der Waals surface area contributed by atoms with Crippen molar-refractivity contribution in [2.24, 2.45) is 11.7 Å². The fraction of sp³-hybridized carbons (Fsp3) is 0.571. The van der Waals surface area contributed by atoms with Crippen LogP contribution in [-0.2, 0) is 0 Å². The first-order valence-corrected chi connectivity index (χ1v) is 6.68. The van der Waals surface area contributed by atoms with Crippen molar-refractivity contribution in [1.29, 1.82) is 5.41 Å². The Morgan fingerprint density at radius 1 is 1.63 bits per heavy atom. The average Bonchev–Trinajstić information content (AvgIpc) is 2.73. The molecule has 5 heteroatoms. The summed E-state index contributed by atoms with van der Waals surface area (Å²) in [6.07, 6.45) is 3.01. The van der Waals surface area contributed by atoms with Crippen molar-refractivity contribution >= 4 is 11.7 Å². The van der Waals surface area contributed by atoms with E-state index in [4.69, 9.17) is 11.1 Å². The first-order chi connectivity index (χ1) is 8.99. The zero-order valence-corrected chi connectivity index (χ0v) is 12.0. The summed E-state index contributed by atoms with van der Waals surface area (Å²) in [5, 5.41) is 7.73. The van der Waals surface area contributed by atoms with Crippen molar-refractivity contribution in [3.8, 4) is 0 Å². The molecule has 1 fully saturated rings. The van der Waals surface area contributed by atoms with Crippen LogP contribution < -0.4 is 10.6 Å². The smallest absolute Gasteiger partial charge is 0.139 e. The maximum atomic E-state index is 7.73. The summed E-state index contributed by atoms with van der Waals surface area (Å²) in [6.45, 7) is 5.23. The van der Waals surface area contributed by atoms with Gasteiger partial charge in [0.2, 0.25) is 0 Å². The van der Waals surface area contributed by atoms with Gasteiger partial charge in [0.1, 0.15) is 11.7 Å². The van der Waals surface area contributed by atoms with Gasteiger partial charge >= 0.3 is 0 Å². The molecule has 1 unspecified atom stereocenters. The van der Waals surface area contributed by atoms with Crippen molar-refractivity contribution in [3.05, 3.63) is 23.4 Å². The van der Waals surface area contributed by atoms with Gasteiger partial charge < -0.3 is 15.5 Å². The van der Waals surface area contributed by atoms with Gasteiger partial charge in [-0.3, -0.25) is 5.41 Å². The minimum absolute atomic E-state index is 0.0935. The van der Waals surface area contributed by atoms with Gasteiger partial charge in [-0.1, -0.05) is 0 Å². The number of nitrogens with two attached hydrogens (primary N) is 1. The molecule has 0 saturated carbocycles. The van der Waals surface area contributed by atoms with E-state index in [1.54, 1.807) is 6.20 Å². The van der Waals surface area contributed by atoms with Crippen LogP contribution >= 0.6 is 0 Å². The van der Waals surface area contributed by atoms with Crippen LogP contribution in [0.4, 0.5) is 5.82 Å². The number of nitrogens with one attached hydrogen (secondary N) is 1. The minimum Gasteiger partial charge on any atom is -0.384 e. The zero-order valence-electron chi connectivity index (χ0n) is 12.0. The van der Waals surface area contributed by atoms with Crippen LogP contribution in [0.25, 0.3) is 0 Å². The number of amidine groups is 1. The summed E-state index contributed by atoms with van der Waals surface area (Å²) in [5.74, 6) is 1.58. The van der Waals surface area contributed by atoms with Gasteiger partial charge in [-0.05, 0) is 44.5 Å². The lowest BCUT2D eigenvalue weighted by atomic mass is 10.1. The molecule has 1 aromatic rings. The van der Waals surface area contributed by atoms with E-state index in [-0.39, 0.29) is 5.84 Å². The molecule has 1 aliphatic heterocycles. The maximum absolute atomic E-state index is 7.73.